The number of hydrogen-bond acceptors (Lipinski definition) is 4. The number of nitrogens with zero attached hydrogens (tertiary/aromatic N) is 1. The average Bonchev–Trinajstić information content (AvgIpc) is 2.69. The predicted octanol–water partition coefficient (Wildman–Crippen LogP) is 2.42. The molecule has 19 heavy (non-hydrogen) atoms. The Balaban J connectivity index is 3.75. The van der Waals surface area contributed by atoms with Gasteiger partial charge in [0.05, 0.1) is 31.0 Å². The van der Waals surface area contributed by atoms with Gasteiger partial charge in [-0.05, 0) is 26.3 Å². The SMILES string of the molecule is C=C(C)c1c(C(=O)OC)c(C(=O)OC)c(C)n1CC. The topological polar surface area (TPSA) is 57.5 Å². The third-order valence-corrected chi connectivity index (χ3v) is 3.02. The van der Waals surface area contributed by atoms with Crippen LogP contribution < -0.4 is 0 Å². The van der Waals surface area contributed by atoms with Gasteiger partial charge in [-0.2, -0.15) is 0 Å². The highest BCUT2D eigenvalue weighted by Gasteiger charge is 2.30. The lowest BCUT2D eigenvalue weighted by Gasteiger charge is -2.09. The second-order valence-electron chi connectivity index (χ2n) is 4.19. The molecular formula is C14H19NO4. The Hall–Kier alpha value is -2.04. The minimum atomic E-state index is -0.561. The summed E-state index contributed by atoms with van der Waals surface area (Å²) >= 11 is 0. The zero-order valence-electron chi connectivity index (χ0n) is 12.0. The monoisotopic (exact) mass is 265 g/mol. The van der Waals surface area contributed by atoms with Crippen molar-refractivity contribution >= 4 is 17.5 Å². The zero-order valence-corrected chi connectivity index (χ0v) is 12.0. The molecule has 0 unspecified atom stereocenters. The third kappa shape index (κ3) is 2.41. The highest BCUT2D eigenvalue weighted by molar-refractivity contribution is 6.07. The molecule has 1 aromatic heterocycles. The van der Waals surface area contributed by atoms with Crippen LogP contribution in [0.4, 0.5) is 0 Å². The molecular weight excluding hydrogens is 246 g/mol. The van der Waals surface area contributed by atoms with E-state index < -0.39 is 11.9 Å². The van der Waals surface area contributed by atoms with Gasteiger partial charge in [-0.15, -0.1) is 0 Å². The van der Waals surface area contributed by atoms with Crippen molar-refractivity contribution in [3.05, 3.63) is 29.1 Å². The standard InChI is InChI=1S/C14H19NO4/c1-7-15-9(4)10(13(16)18-5)11(14(17)19-6)12(15)8(2)3/h2,7H2,1,3-6H3. The van der Waals surface area contributed by atoms with Gasteiger partial charge in [-0.25, -0.2) is 9.59 Å². The summed E-state index contributed by atoms with van der Waals surface area (Å²) in [6.07, 6.45) is 0. The molecule has 0 fully saturated rings. The first kappa shape index (κ1) is 15.0. The van der Waals surface area contributed by atoms with E-state index in [1.54, 1.807) is 13.8 Å². The maximum absolute atomic E-state index is 12.0. The van der Waals surface area contributed by atoms with Crippen LogP contribution in [0.15, 0.2) is 6.58 Å². The van der Waals surface area contributed by atoms with Crippen molar-refractivity contribution in [2.24, 2.45) is 0 Å². The number of aromatic nitrogens is 1. The lowest BCUT2D eigenvalue weighted by atomic mass is 10.1. The Kier molecular flexibility index (Phi) is 4.53. The maximum Gasteiger partial charge on any atom is 0.340 e. The molecule has 0 aliphatic rings. The highest BCUT2D eigenvalue weighted by atomic mass is 16.5. The van der Waals surface area contributed by atoms with Crippen molar-refractivity contribution in [2.45, 2.75) is 27.3 Å². The number of carbonyl (C=O) groups is 2. The summed E-state index contributed by atoms with van der Waals surface area (Å²) in [5.74, 6) is -1.11. The maximum atomic E-state index is 12.0. The molecule has 1 aromatic rings. The summed E-state index contributed by atoms with van der Waals surface area (Å²) in [5, 5.41) is 0. The second-order valence-corrected chi connectivity index (χ2v) is 4.19. The van der Waals surface area contributed by atoms with Crippen LogP contribution >= 0.6 is 0 Å². The molecule has 1 rings (SSSR count). The molecule has 0 atom stereocenters. The van der Waals surface area contributed by atoms with E-state index in [2.05, 4.69) is 6.58 Å². The van der Waals surface area contributed by atoms with Crippen molar-refractivity contribution in [1.82, 2.24) is 4.57 Å². The number of allylic oxidation sites excluding steroid dienone is 1. The van der Waals surface area contributed by atoms with Crippen LogP contribution in [0, 0.1) is 6.92 Å². The zero-order chi connectivity index (χ0) is 14.7. The van der Waals surface area contributed by atoms with Gasteiger partial charge < -0.3 is 14.0 Å². The van der Waals surface area contributed by atoms with Crippen LogP contribution in [0.2, 0.25) is 0 Å². The number of ether oxygens (including phenoxy) is 2. The van der Waals surface area contributed by atoms with Crippen molar-refractivity contribution in [3.63, 3.8) is 0 Å². The molecule has 0 spiro atoms. The summed E-state index contributed by atoms with van der Waals surface area (Å²) in [5.41, 5.74) is 2.45. The lowest BCUT2D eigenvalue weighted by Crippen LogP contribution is -2.11. The van der Waals surface area contributed by atoms with Gasteiger partial charge in [0.15, 0.2) is 0 Å². The van der Waals surface area contributed by atoms with E-state index in [1.165, 1.54) is 14.2 Å². The lowest BCUT2D eigenvalue weighted by molar-refractivity contribution is 0.0555. The molecule has 0 bridgehead atoms. The molecule has 5 nitrogen and oxygen atoms in total. The molecule has 0 saturated heterocycles. The van der Waals surface area contributed by atoms with E-state index in [0.29, 0.717) is 23.5 Å². The number of methoxy groups -OCH3 is 2. The second kappa shape index (κ2) is 5.73. The molecule has 0 aliphatic heterocycles. The van der Waals surface area contributed by atoms with E-state index in [9.17, 15) is 9.59 Å². The summed E-state index contributed by atoms with van der Waals surface area (Å²) in [4.78, 5) is 23.9. The average molecular weight is 265 g/mol. The molecule has 0 aliphatic carbocycles. The summed E-state index contributed by atoms with van der Waals surface area (Å²) in [7, 11) is 2.57. The normalized spacial score (nSPS) is 10.2. The molecule has 0 N–H and O–H groups in total. The van der Waals surface area contributed by atoms with Crippen LogP contribution in [0.25, 0.3) is 5.57 Å². The van der Waals surface area contributed by atoms with Gasteiger partial charge >= 0.3 is 11.9 Å². The Morgan fingerprint density at radius 3 is 2.00 bits per heavy atom. The van der Waals surface area contributed by atoms with Gasteiger partial charge in [-0.3, -0.25) is 0 Å². The molecule has 0 aromatic carbocycles. The number of hydrogen-bond donors (Lipinski definition) is 0. The van der Waals surface area contributed by atoms with Crippen LogP contribution in [0.3, 0.4) is 0 Å². The van der Waals surface area contributed by atoms with Gasteiger partial charge in [-0.1, -0.05) is 6.58 Å². The van der Waals surface area contributed by atoms with E-state index in [4.69, 9.17) is 9.47 Å². The number of carbonyl (C=O) groups excluding carboxylic acids is 2. The van der Waals surface area contributed by atoms with Crippen molar-refractivity contribution < 1.29 is 19.1 Å². The number of rotatable bonds is 4. The Bertz CT molecular complexity index is 540. The van der Waals surface area contributed by atoms with Crippen LogP contribution in [0.5, 0.6) is 0 Å². The highest BCUT2D eigenvalue weighted by Crippen LogP contribution is 2.29. The fourth-order valence-electron chi connectivity index (χ4n) is 2.23. The Morgan fingerprint density at radius 1 is 1.16 bits per heavy atom. The van der Waals surface area contributed by atoms with Gasteiger partial charge in [0, 0.05) is 12.2 Å². The van der Waals surface area contributed by atoms with Crippen LogP contribution in [0.1, 0.15) is 46.0 Å². The molecule has 0 radical (unpaired) electrons. The first-order valence-corrected chi connectivity index (χ1v) is 5.96. The van der Waals surface area contributed by atoms with E-state index in [-0.39, 0.29) is 11.1 Å². The predicted molar refractivity (Wildman–Crippen MR) is 72.2 cm³/mol. The quantitative estimate of drug-likeness (QED) is 0.784. The van der Waals surface area contributed by atoms with Crippen molar-refractivity contribution in [2.75, 3.05) is 14.2 Å². The third-order valence-electron chi connectivity index (χ3n) is 3.02. The van der Waals surface area contributed by atoms with E-state index in [1.807, 2.05) is 11.5 Å². The fraction of sp³-hybridized carbons (Fsp3) is 0.429. The van der Waals surface area contributed by atoms with Crippen LogP contribution in [-0.2, 0) is 16.0 Å². The summed E-state index contributed by atoms with van der Waals surface area (Å²) < 4.78 is 11.4. The first-order valence-electron chi connectivity index (χ1n) is 5.96. The molecule has 5 heteroatoms. The minimum Gasteiger partial charge on any atom is -0.465 e. The van der Waals surface area contributed by atoms with Gasteiger partial charge in [0.25, 0.3) is 0 Å². The largest absolute Gasteiger partial charge is 0.465 e. The van der Waals surface area contributed by atoms with Crippen molar-refractivity contribution in [3.8, 4) is 0 Å². The van der Waals surface area contributed by atoms with Gasteiger partial charge in [0.2, 0.25) is 0 Å². The smallest absolute Gasteiger partial charge is 0.340 e. The molecule has 0 amide bonds. The van der Waals surface area contributed by atoms with Gasteiger partial charge in [0.1, 0.15) is 0 Å². The molecule has 104 valence electrons. The number of esters is 2. The van der Waals surface area contributed by atoms with Crippen molar-refractivity contribution in [1.29, 1.82) is 0 Å². The summed E-state index contributed by atoms with van der Waals surface area (Å²) in [6.45, 7) is 9.98. The van der Waals surface area contributed by atoms with E-state index in [0.717, 1.165) is 0 Å². The van der Waals surface area contributed by atoms with E-state index >= 15 is 0 Å². The first-order chi connectivity index (χ1) is 8.90. The minimum absolute atomic E-state index is 0.223. The Labute approximate surface area is 112 Å². The fourth-order valence-corrected chi connectivity index (χ4v) is 2.23. The summed E-state index contributed by atoms with van der Waals surface area (Å²) in [6, 6.07) is 0. The van der Waals surface area contributed by atoms with Crippen LogP contribution in [-0.4, -0.2) is 30.7 Å². The molecule has 0 saturated carbocycles. The Morgan fingerprint density at radius 2 is 1.63 bits per heavy atom. The molecule has 1 heterocycles.